The second kappa shape index (κ2) is 11.0. The average Bonchev–Trinajstić information content (AvgIpc) is 2.80. The van der Waals surface area contributed by atoms with Crippen LogP contribution in [-0.4, -0.2) is 0 Å². The molecule has 0 amide bonds. The largest absolute Gasteiger partial charge is 0.207 e. The molecular formula is C29H43F. The summed E-state index contributed by atoms with van der Waals surface area (Å²) in [6.45, 7) is 2.35. The molecule has 1 aromatic rings. The third-order valence-corrected chi connectivity index (χ3v) is 8.84. The zero-order valence-electron chi connectivity index (χ0n) is 19.2. The lowest BCUT2D eigenvalue weighted by molar-refractivity contribution is 0.152. The van der Waals surface area contributed by atoms with E-state index in [9.17, 15) is 4.39 Å². The van der Waals surface area contributed by atoms with Gasteiger partial charge in [-0.2, -0.15) is 0 Å². The van der Waals surface area contributed by atoms with Gasteiger partial charge >= 0.3 is 0 Å². The summed E-state index contributed by atoms with van der Waals surface area (Å²) >= 11 is 0. The van der Waals surface area contributed by atoms with Crippen molar-refractivity contribution in [2.75, 3.05) is 0 Å². The third-order valence-electron chi connectivity index (χ3n) is 8.84. The highest BCUT2D eigenvalue weighted by Crippen LogP contribution is 2.43. The molecule has 3 saturated carbocycles. The molecule has 0 bridgehead atoms. The summed E-state index contributed by atoms with van der Waals surface area (Å²) in [6, 6.07) is 7.22. The van der Waals surface area contributed by atoms with E-state index in [0.29, 0.717) is 5.92 Å². The Kier molecular flexibility index (Phi) is 8.07. The molecule has 3 fully saturated rings. The Balaban J connectivity index is 1.16. The van der Waals surface area contributed by atoms with E-state index in [2.05, 4.69) is 19.1 Å². The highest BCUT2D eigenvalue weighted by Gasteiger charge is 2.30. The Bertz CT molecular complexity index is 635. The molecule has 1 aromatic carbocycles. The highest BCUT2D eigenvalue weighted by molar-refractivity contribution is 5.21. The first-order valence-electron chi connectivity index (χ1n) is 13.1. The molecule has 0 aromatic heterocycles. The van der Waals surface area contributed by atoms with E-state index in [-0.39, 0.29) is 5.82 Å². The lowest BCUT2D eigenvalue weighted by atomic mass is 9.68. The van der Waals surface area contributed by atoms with Crippen molar-refractivity contribution >= 4 is 0 Å². The molecule has 0 spiro atoms. The lowest BCUT2D eigenvalue weighted by Gasteiger charge is -2.37. The summed E-state index contributed by atoms with van der Waals surface area (Å²) in [6.07, 6.45) is 25.0. The van der Waals surface area contributed by atoms with Crippen LogP contribution in [0.15, 0.2) is 36.4 Å². The van der Waals surface area contributed by atoms with E-state index in [1.165, 1.54) is 95.5 Å². The van der Waals surface area contributed by atoms with Crippen molar-refractivity contribution in [3.8, 4) is 0 Å². The molecule has 0 atom stereocenters. The number of hydrogen-bond acceptors (Lipinski definition) is 0. The molecule has 3 aliphatic rings. The van der Waals surface area contributed by atoms with Crippen molar-refractivity contribution in [2.24, 2.45) is 29.6 Å². The summed E-state index contributed by atoms with van der Waals surface area (Å²) in [5.74, 6) is 5.25. The van der Waals surface area contributed by atoms with Crippen LogP contribution in [0.3, 0.4) is 0 Å². The van der Waals surface area contributed by atoms with Crippen molar-refractivity contribution in [3.63, 3.8) is 0 Å². The fourth-order valence-corrected chi connectivity index (χ4v) is 6.86. The Hall–Kier alpha value is -1.11. The van der Waals surface area contributed by atoms with Gasteiger partial charge in [-0.3, -0.25) is 0 Å². The van der Waals surface area contributed by atoms with Gasteiger partial charge in [-0.1, -0.05) is 56.9 Å². The van der Waals surface area contributed by atoms with Crippen LogP contribution in [0.25, 0.3) is 0 Å². The summed E-state index contributed by atoms with van der Waals surface area (Å²) in [5, 5.41) is 0. The monoisotopic (exact) mass is 410 g/mol. The van der Waals surface area contributed by atoms with Gasteiger partial charge in [0, 0.05) is 0 Å². The van der Waals surface area contributed by atoms with Gasteiger partial charge in [-0.25, -0.2) is 4.39 Å². The van der Waals surface area contributed by atoms with Gasteiger partial charge < -0.3 is 0 Å². The molecular weight excluding hydrogens is 367 g/mol. The number of hydrogen-bond donors (Lipinski definition) is 0. The zero-order valence-corrected chi connectivity index (χ0v) is 19.2. The minimum absolute atomic E-state index is 0.116. The third kappa shape index (κ3) is 5.98. The molecule has 0 N–H and O–H groups in total. The van der Waals surface area contributed by atoms with Crippen LogP contribution in [0.5, 0.6) is 0 Å². The normalized spacial score (nSPS) is 35.5. The number of rotatable bonds is 6. The molecule has 3 aliphatic carbocycles. The molecule has 30 heavy (non-hydrogen) atoms. The fraction of sp³-hybridized carbons (Fsp3) is 0.724. The first-order valence-corrected chi connectivity index (χ1v) is 13.1. The molecule has 0 unspecified atom stereocenters. The van der Waals surface area contributed by atoms with E-state index in [1.54, 1.807) is 12.1 Å². The maximum absolute atomic E-state index is 13.2. The topological polar surface area (TPSA) is 0 Å². The first-order chi connectivity index (χ1) is 14.7. The molecule has 166 valence electrons. The van der Waals surface area contributed by atoms with Crippen molar-refractivity contribution in [3.05, 3.63) is 47.8 Å². The summed E-state index contributed by atoms with van der Waals surface area (Å²) in [5.41, 5.74) is 1.33. The van der Waals surface area contributed by atoms with Crippen LogP contribution in [0, 0.1) is 35.4 Å². The van der Waals surface area contributed by atoms with E-state index < -0.39 is 0 Å². The van der Waals surface area contributed by atoms with E-state index in [4.69, 9.17) is 0 Å². The molecule has 0 aliphatic heterocycles. The maximum atomic E-state index is 13.2. The first kappa shape index (κ1) is 22.1. The van der Waals surface area contributed by atoms with Crippen LogP contribution < -0.4 is 0 Å². The zero-order chi connectivity index (χ0) is 20.8. The van der Waals surface area contributed by atoms with E-state index in [1.807, 2.05) is 12.1 Å². The quantitative estimate of drug-likeness (QED) is 0.410. The Morgan fingerprint density at radius 2 is 1.20 bits per heavy atom. The standard InChI is InChI=1S/C29H43F/c1-2-3-22-6-12-25(13-7-22)26-14-8-23(9-15-26)4-5-24-10-16-27(17-11-24)28-18-20-29(30)21-19-28/h4-5,18-27H,2-3,6-17H2,1H3/t22-,23-,24-,25-,26-,27-. The summed E-state index contributed by atoms with van der Waals surface area (Å²) in [4.78, 5) is 0. The highest BCUT2D eigenvalue weighted by atomic mass is 19.1. The minimum atomic E-state index is -0.116. The molecule has 1 heteroatoms. The van der Waals surface area contributed by atoms with Gasteiger partial charge in [-0.15, -0.1) is 0 Å². The maximum Gasteiger partial charge on any atom is 0.123 e. The van der Waals surface area contributed by atoms with Crippen molar-refractivity contribution in [1.82, 2.24) is 0 Å². The van der Waals surface area contributed by atoms with Gasteiger partial charge in [0.1, 0.15) is 5.82 Å². The van der Waals surface area contributed by atoms with E-state index >= 15 is 0 Å². The van der Waals surface area contributed by atoms with Gasteiger partial charge in [0.25, 0.3) is 0 Å². The van der Waals surface area contributed by atoms with Gasteiger partial charge in [0.15, 0.2) is 0 Å². The molecule has 0 saturated heterocycles. The lowest BCUT2D eigenvalue weighted by Crippen LogP contribution is -2.25. The van der Waals surface area contributed by atoms with Crippen LogP contribution in [-0.2, 0) is 0 Å². The molecule has 4 rings (SSSR count). The summed E-state index contributed by atoms with van der Waals surface area (Å²) < 4.78 is 13.2. The predicted octanol–water partition coefficient (Wildman–Crippen LogP) is 9.07. The van der Waals surface area contributed by atoms with Crippen molar-refractivity contribution in [1.29, 1.82) is 0 Å². The minimum Gasteiger partial charge on any atom is -0.207 e. The van der Waals surface area contributed by atoms with Gasteiger partial charge in [0.2, 0.25) is 0 Å². The van der Waals surface area contributed by atoms with Crippen molar-refractivity contribution in [2.45, 2.75) is 103 Å². The average molecular weight is 411 g/mol. The fourth-order valence-electron chi connectivity index (χ4n) is 6.86. The van der Waals surface area contributed by atoms with Gasteiger partial charge in [-0.05, 0) is 117 Å². The summed E-state index contributed by atoms with van der Waals surface area (Å²) in [7, 11) is 0. The van der Waals surface area contributed by atoms with Crippen LogP contribution >= 0.6 is 0 Å². The number of halogens is 1. The second-order valence-electron chi connectivity index (χ2n) is 10.8. The van der Waals surface area contributed by atoms with Crippen molar-refractivity contribution < 1.29 is 4.39 Å². The predicted molar refractivity (Wildman–Crippen MR) is 126 cm³/mol. The van der Waals surface area contributed by atoms with E-state index in [0.717, 1.165) is 29.6 Å². The molecule has 0 heterocycles. The number of allylic oxidation sites excluding steroid dienone is 2. The Morgan fingerprint density at radius 1 is 0.700 bits per heavy atom. The Morgan fingerprint density at radius 3 is 1.73 bits per heavy atom. The smallest absolute Gasteiger partial charge is 0.123 e. The Labute approximate surface area is 184 Å². The number of benzene rings is 1. The SMILES string of the molecule is CCC[C@H]1CC[C@H]([C@H]2CC[C@H](C=C[C@H]3CC[C@H](c4ccc(F)cc4)CC3)CC2)CC1. The molecule has 0 nitrogen and oxygen atoms in total. The molecule has 0 radical (unpaired) electrons. The van der Waals surface area contributed by atoms with Gasteiger partial charge in [0.05, 0.1) is 0 Å². The van der Waals surface area contributed by atoms with Crippen LogP contribution in [0.4, 0.5) is 4.39 Å². The van der Waals surface area contributed by atoms with Crippen LogP contribution in [0.2, 0.25) is 0 Å². The second-order valence-corrected chi connectivity index (χ2v) is 10.8. The van der Waals surface area contributed by atoms with Crippen LogP contribution in [0.1, 0.15) is 108 Å².